The highest BCUT2D eigenvalue weighted by molar-refractivity contribution is 5.60. The molecule has 0 radical (unpaired) electrons. The number of rotatable bonds is 3. The summed E-state index contributed by atoms with van der Waals surface area (Å²) < 4.78 is 5.62. The third kappa shape index (κ3) is 2.51. The van der Waals surface area contributed by atoms with Gasteiger partial charge in [0.15, 0.2) is 0 Å². The van der Waals surface area contributed by atoms with Crippen molar-refractivity contribution < 1.29 is 4.74 Å². The van der Waals surface area contributed by atoms with Crippen molar-refractivity contribution in [2.45, 2.75) is 51.6 Å². The smallest absolute Gasteiger partial charge is 0.144 e. The Morgan fingerprint density at radius 2 is 2.10 bits per heavy atom. The molecular weight excluding hydrogens is 250 g/mol. The van der Waals surface area contributed by atoms with E-state index in [2.05, 4.69) is 23.3 Å². The topological polar surface area (TPSA) is 57.9 Å². The molecule has 1 atom stereocenters. The average molecular weight is 271 g/mol. The van der Waals surface area contributed by atoms with Crippen LogP contribution in [-0.2, 0) is 17.6 Å². The molecule has 1 N–H and O–H groups in total. The van der Waals surface area contributed by atoms with Crippen LogP contribution in [0.2, 0.25) is 0 Å². The number of aryl methyl sites for hydroxylation is 1. The minimum absolute atomic E-state index is 0.264. The number of nitrogens with one attached hydrogen (secondary N) is 1. The van der Waals surface area contributed by atoms with Gasteiger partial charge in [-0.3, -0.25) is 0 Å². The molecule has 0 amide bonds. The number of hydrogen-bond donors (Lipinski definition) is 1. The van der Waals surface area contributed by atoms with Gasteiger partial charge in [-0.2, -0.15) is 5.26 Å². The Morgan fingerprint density at radius 3 is 2.80 bits per heavy atom. The third-order valence-corrected chi connectivity index (χ3v) is 4.36. The zero-order valence-corrected chi connectivity index (χ0v) is 12.0. The Labute approximate surface area is 120 Å². The van der Waals surface area contributed by atoms with E-state index >= 15 is 0 Å². The van der Waals surface area contributed by atoms with Crippen molar-refractivity contribution in [3.8, 4) is 6.07 Å². The lowest BCUT2D eigenvalue weighted by molar-refractivity contribution is 0.120. The Bertz CT molecular complexity index is 542. The van der Waals surface area contributed by atoms with E-state index in [9.17, 15) is 5.26 Å². The summed E-state index contributed by atoms with van der Waals surface area (Å²) in [7, 11) is 0. The van der Waals surface area contributed by atoms with Crippen molar-refractivity contribution in [1.29, 1.82) is 5.26 Å². The quantitative estimate of drug-likeness (QED) is 0.918. The van der Waals surface area contributed by atoms with Gasteiger partial charge >= 0.3 is 0 Å². The minimum atomic E-state index is 0.264. The molecule has 2 heterocycles. The van der Waals surface area contributed by atoms with Crippen LogP contribution in [0.4, 0.5) is 5.82 Å². The Morgan fingerprint density at radius 1 is 1.30 bits per heavy atom. The standard InChI is InChI=1S/C16H21N3O/c1-11-13-6-2-3-7-14(13)15(9-17)16(19-11)18-10-12-5-4-8-20-12/h12H,2-8,10H2,1H3,(H,18,19). The zero-order chi connectivity index (χ0) is 13.9. The molecule has 0 aromatic carbocycles. The molecule has 4 heteroatoms. The number of nitriles is 1. The van der Waals surface area contributed by atoms with Crippen LogP contribution < -0.4 is 5.32 Å². The van der Waals surface area contributed by atoms with Crippen molar-refractivity contribution in [3.05, 3.63) is 22.4 Å². The van der Waals surface area contributed by atoms with Gasteiger partial charge < -0.3 is 10.1 Å². The van der Waals surface area contributed by atoms with Gasteiger partial charge in [0.05, 0.1) is 11.7 Å². The molecule has 2 aliphatic rings. The van der Waals surface area contributed by atoms with Crippen LogP contribution in [0.15, 0.2) is 0 Å². The van der Waals surface area contributed by atoms with E-state index in [0.717, 1.165) is 55.9 Å². The molecule has 1 fully saturated rings. The number of nitrogens with zero attached hydrogens (tertiary/aromatic N) is 2. The normalized spacial score (nSPS) is 21.3. The number of hydrogen-bond acceptors (Lipinski definition) is 4. The fourth-order valence-corrected chi connectivity index (χ4v) is 3.28. The maximum Gasteiger partial charge on any atom is 0.144 e. The van der Waals surface area contributed by atoms with Crippen LogP contribution >= 0.6 is 0 Å². The second-order valence-electron chi connectivity index (χ2n) is 5.71. The maximum absolute atomic E-state index is 9.50. The van der Waals surface area contributed by atoms with Crippen LogP contribution in [0, 0.1) is 18.3 Å². The van der Waals surface area contributed by atoms with Crippen molar-refractivity contribution in [3.63, 3.8) is 0 Å². The Hall–Kier alpha value is -1.60. The highest BCUT2D eigenvalue weighted by Gasteiger charge is 2.21. The first kappa shape index (κ1) is 13.4. The van der Waals surface area contributed by atoms with Crippen LogP contribution in [0.5, 0.6) is 0 Å². The Balaban J connectivity index is 1.86. The Kier molecular flexibility index (Phi) is 3.88. The van der Waals surface area contributed by atoms with Crippen LogP contribution in [0.25, 0.3) is 0 Å². The van der Waals surface area contributed by atoms with Gasteiger partial charge in [-0.25, -0.2) is 4.98 Å². The molecule has 1 aliphatic heterocycles. The highest BCUT2D eigenvalue weighted by atomic mass is 16.5. The summed E-state index contributed by atoms with van der Waals surface area (Å²) in [5.74, 6) is 0.751. The van der Waals surface area contributed by atoms with E-state index in [0.29, 0.717) is 0 Å². The largest absolute Gasteiger partial charge is 0.376 e. The number of fused-ring (bicyclic) bond motifs is 1. The number of anilines is 1. The van der Waals surface area contributed by atoms with Crippen molar-refractivity contribution in [2.75, 3.05) is 18.5 Å². The molecule has 1 aliphatic carbocycles. The van der Waals surface area contributed by atoms with Gasteiger partial charge in [0.2, 0.25) is 0 Å². The van der Waals surface area contributed by atoms with Crippen molar-refractivity contribution in [1.82, 2.24) is 4.98 Å². The van der Waals surface area contributed by atoms with E-state index in [4.69, 9.17) is 4.74 Å². The first-order valence-electron chi connectivity index (χ1n) is 7.57. The molecule has 106 valence electrons. The zero-order valence-electron chi connectivity index (χ0n) is 12.0. The van der Waals surface area contributed by atoms with Crippen molar-refractivity contribution in [2.24, 2.45) is 0 Å². The monoisotopic (exact) mass is 271 g/mol. The van der Waals surface area contributed by atoms with E-state index < -0.39 is 0 Å². The van der Waals surface area contributed by atoms with Crippen LogP contribution in [0.1, 0.15) is 48.1 Å². The predicted molar refractivity (Wildman–Crippen MR) is 77.8 cm³/mol. The maximum atomic E-state index is 9.50. The molecule has 0 spiro atoms. The molecule has 1 aromatic heterocycles. The molecule has 0 bridgehead atoms. The van der Waals surface area contributed by atoms with E-state index in [1.54, 1.807) is 0 Å². The first-order chi connectivity index (χ1) is 9.79. The minimum Gasteiger partial charge on any atom is -0.376 e. The van der Waals surface area contributed by atoms with Gasteiger partial charge in [0, 0.05) is 18.8 Å². The number of ether oxygens (including phenoxy) is 1. The summed E-state index contributed by atoms with van der Waals surface area (Å²) in [6.07, 6.45) is 6.96. The van der Waals surface area contributed by atoms with Crippen LogP contribution in [0.3, 0.4) is 0 Å². The lowest BCUT2D eigenvalue weighted by atomic mass is 9.88. The highest BCUT2D eigenvalue weighted by Crippen LogP contribution is 2.30. The third-order valence-electron chi connectivity index (χ3n) is 4.36. The molecule has 3 rings (SSSR count). The van der Waals surface area contributed by atoms with Gasteiger partial charge in [0.25, 0.3) is 0 Å². The second-order valence-corrected chi connectivity index (χ2v) is 5.71. The van der Waals surface area contributed by atoms with Gasteiger partial charge in [-0.1, -0.05) is 0 Å². The van der Waals surface area contributed by atoms with E-state index in [1.807, 2.05) is 0 Å². The molecule has 20 heavy (non-hydrogen) atoms. The van der Waals surface area contributed by atoms with E-state index in [-0.39, 0.29) is 6.10 Å². The lowest BCUT2D eigenvalue weighted by Crippen LogP contribution is -2.21. The first-order valence-corrected chi connectivity index (χ1v) is 7.57. The van der Waals surface area contributed by atoms with Gasteiger partial charge in [0.1, 0.15) is 11.9 Å². The molecule has 0 saturated carbocycles. The summed E-state index contributed by atoms with van der Waals surface area (Å²) in [6, 6.07) is 2.36. The number of aromatic nitrogens is 1. The lowest BCUT2D eigenvalue weighted by Gasteiger charge is -2.21. The fraction of sp³-hybridized carbons (Fsp3) is 0.625. The summed E-state index contributed by atoms with van der Waals surface area (Å²) in [4.78, 5) is 4.63. The fourth-order valence-electron chi connectivity index (χ4n) is 3.28. The summed E-state index contributed by atoms with van der Waals surface area (Å²) in [5, 5.41) is 12.8. The SMILES string of the molecule is Cc1nc(NCC2CCCO2)c(C#N)c2c1CCCC2. The molecule has 4 nitrogen and oxygen atoms in total. The average Bonchev–Trinajstić information content (AvgIpc) is 2.99. The van der Waals surface area contributed by atoms with Gasteiger partial charge in [-0.05, 0) is 56.6 Å². The molecule has 1 unspecified atom stereocenters. The molecule has 1 saturated heterocycles. The summed E-state index contributed by atoms with van der Waals surface area (Å²) >= 11 is 0. The number of pyridine rings is 1. The van der Waals surface area contributed by atoms with E-state index in [1.165, 1.54) is 24.0 Å². The summed E-state index contributed by atoms with van der Waals surface area (Å²) in [6.45, 7) is 3.66. The molecular formula is C16H21N3O. The second kappa shape index (κ2) is 5.80. The van der Waals surface area contributed by atoms with Gasteiger partial charge in [-0.15, -0.1) is 0 Å². The van der Waals surface area contributed by atoms with Crippen LogP contribution in [-0.4, -0.2) is 24.2 Å². The summed E-state index contributed by atoms with van der Waals surface area (Å²) in [5.41, 5.74) is 4.35. The predicted octanol–water partition coefficient (Wildman–Crippen LogP) is 2.73. The molecule has 1 aromatic rings. The van der Waals surface area contributed by atoms with Crippen molar-refractivity contribution >= 4 is 5.82 Å².